The van der Waals surface area contributed by atoms with Crippen molar-refractivity contribution >= 4 is 10.0 Å². The first-order chi connectivity index (χ1) is 9.93. The lowest BCUT2D eigenvalue weighted by Crippen LogP contribution is -2.14. The van der Waals surface area contributed by atoms with Crippen LogP contribution in [0.15, 0.2) is 21.7 Å². The lowest BCUT2D eigenvalue weighted by molar-refractivity contribution is 0.304. The maximum Gasteiger partial charge on any atom is 0.259 e. The normalized spacial score (nSPS) is 15.9. The quantitative estimate of drug-likeness (QED) is 0.914. The summed E-state index contributed by atoms with van der Waals surface area (Å²) >= 11 is 0. The first-order valence-corrected chi connectivity index (χ1v) is 8.30. The Kier molecular flexibility index (Phi) is 3.50. The summed E-state index contributed by atoms with van der Waals surface area (Å²) in [7, 11) is -3.81. The van der Waals surface area contributed by atoms with Gasteiger partial charge < -0.3 is 4.52 Å². The maximum absolute atomic E-state index is 11.4. The van der Waals surface area contributed by atoms with Crippen molar-refractivity contribution in [1.29, 1.82) is 0 Å². The van der Waals surface area contributed by atoms with Crippen LogP contribution in [-0.2, 0) is 16.4 Å². The fourth-order valence-corrected chi connectivity index (χ4v) is 2.77. The van der Waals surface area contributed by atoms with E-state index in [-0.39, 0.29) is 10.8 Å². The molecule has 1 fully saturated rings. The average Bonchev–Trinajstić information content (AvgIpc) is 2.81. The molecule has 0 atom stereocenters. The third-order valence-corrected chi connectivity index (χ3v) is 4.67. The van der Waals surface area contributed by atoms with Gasteiger partial charge in [0.1, 0.15) is 4.90 Å². The lowest BCUT2D eigenvalue weighted by atomic mass is 9.83. The second-order valence-electron chi connectivity index (χ2n) is 5.37. The molecular formula is C13H16N4O3S. The topological polar surface area (TPSA) is 112 Å². The monoisotopic (exact) mass is 308 g/mol. The molecule has 2 aromatic rings. The molecule has 2 aromatic heterocycles. The van der Waals surface area contributed by atoms with E-state index in [4.69, 9.17) is 9.66 Å². The van der Waals surface area contributed by atoms with Gasteiger partial charge in [-0.1, -0.05) is 24.4 Å². The minimum absolute atomic E-state index is 0.0677. The highest BCUT2D eigenvalue weighted by Crippen LogP contribution is 2.30. The van der Waals surface area contributed by atoms with E-state index in [9.17, 15) is 8.42 Å². The van der Waals surface area contributed by atoms with Gasteiger partial charge in [-0.3, -0.25) is 4.98 Å². The molecule has 2 N–H and O–H groups in total. The highest BCUT2D eigenvalue weighted by Gasteiger charge is 2.22. The van der Waals surface area contributed by atoms with Gasteiger partial charge in [-0.25, -0.2) is 13.6 Å². The Morgan fingerprint density at radius 2 is 2.19 bits per heavy atom. The zero-order valence-corrected chi connectivity index (χ0v) is 12.4. The molecule has 0 spiro atoms. The van der Waals surface area contributed by atoms with Gasteiger partial charge in [-0.15, -0.1) is 0 Å². The van der Waals surface area contributed by atoms with Crippen molar-refractivity contribution < 1.29 is 12.9 Å². The molecule has 1 aliphatic carbocycles. The second kappa shape index (κ2) is 5.19. The SMILES string of the molecule is Cc1ncc(S(N)(=O)=O)cc1-c1nc(CC2CCC2)no1. The Labute approximate surface area is 122 Å². The second-order valence-corrected chi connectivity index (χ2v) is 6.93. The van der Waals surface area contributed by atoms with Crippen molar-refractivity contribution in [2.75, 3.05) is 0 Å². The Balaban J connectivity index is 1.92. The van der Waals surface area contributed by atoms with Gasteiger partial charge >= 0.3 is 0 Å². The van der Waals surface area contributed by atoms with Gasteiger partial charge in [0.2, 0.25) is 10.0 Å². The van der Waals surface area contributed by atoms with Crippen molar-refractivity contribution in [3.63, 3.8) is 0 Å². The van der Waals surface area contributed by atoms with Crippen LogP contribution in [0.3, 0.4) is 0 Å². The Hall–Kier alpha value is -1.80. The zero-order chi connectivity index (χ0) is 15.0. The number of primary sulfonamides is 1. The number of aryl methyl sites for hydroxylation is 1. The van der Waals surface area contributed by atoms with Gasteiger partial charge in [0.05, 0.1) is 11.3 Å². The van der Waals surface area contributed by atoms with Crippen LogP contribution in [0.25, 0.3) is 11.5 Å². The Morgan fingerprint density at radius 3 is 2.81 bits per heavy atom. The van der Waals surface area contributed by atoms with Crippen molar-refractivity contribution in [3.8, 4) is 11.5 Å². The molecule has 21 heavy (non-hydrogen) atoms. The van der Waals surface area contributed by atoms with E-state index in [1.807, 2.05) is 0 Å². The molecule has 2 heterocycles. The number of nitrogens with two attached hydrogens (primary N) is 1. The number of pyridine rings is 1. The van der Waals surface area contributed by atoms with Crippen LogP contribution in [0.2, 0.25) is 0 Å². The van der Waals surface area contributed by atoms with Crippen LogP contribution in [0, 0.1) is 12.8 Å². The van der Waals surface area contributed by atoms with Crippen LogP contribution < -0.4 is 5.14 Å². The van der Waals surface area contributed by atoms with Crippen molar-refractivity contribution in [2.45, 2.75) is 37.5 Å². The van der Waals surface area contributed by atoms with Crippen molar-refractivity contribution in [1.82, 2.24) is 15.1 Å². The van der Waals surface area contributed by atoms with Gasteiger partial charge in [0, 0.05) is 12.6 Å². The van der Waals surface area contributed by atoms with Crippen LogP contribution >= 0.6 is 0 Å². The molecule has 8 heteroatoms. The fraction of sp³-hybridized carbons (Fsp3) is 0.462. The van der Waals surface area contributed by atoms with Gasteiger partial charge in [0.15, 0.2) is 5.82 Å². The van der Waals surface area contributed by atoms with Crippen LogP contribution in [-0.4, -0.2) is 23.5 Å². The van der Waals surface area contributed by atoms with E-state index in [2.05, 4.69) is 15.1 Å². The highest BCUT2D eigenvalue weighted by atomic mass is 32.2. The summed E-state index contributed by atoms with van der Waals surface area (Å²) in [5.74, 6) is 1.56. The molecule has 0 saturated heterocycles. The van der Waals surface area contributed by atoms with E-state index in [1.54, 1.807) is 6.92 Å². The minimum atomic E-state index is -3.81. The first kappa shape index (κ1) is 14.2. The molecule has 0 amide bonds. The van der Waals surface area contributed by atoms with E-state index in [0.29, 0.717) is 23.0 Å². The molecule has 7 nitrogen and oxygen atoms in total. The van der Waals surface area contributed by atoms with Gasteiger partial charge in [-0.2, -0.15) is 4.98 Å². The number of hydrogen-bond donors (Lipinski definition) is 1. The maximum atomic E-state index is 11.4. The average molecular weight is 308 g/mol. The molecule has 0 aliphatic heterocycles. The summed E-state index contributed by atoms with van der Waals surface area (Å²) in [5.41, 5.74) is 1.11. The third kappa shape index (κ3) is 2.96. The molecule has 1 aliphatic rings. The van der Waals surface area contributed by atoms with Crippen molar-refractivity contribution in [2.24, 2.45) is 11.1 Å². The Bertz CT molecular complexity index is 765. The number of nitrogens with zero attached hydrogens (tertiary/aromatic N) is 3. The van der Waals surface area contributed by atoms with Crippen LogP contribution in [0.4, 0.5) is 0 Å². The summed E-state index contributed by atoms with van der Waals surface area (Å²) < 4.78 is 28.0. The number of aromatic nitrogens is 3. The summed E-state index contributed by atoms with van der Waals surface area (Å²) in [5, 5.41) is 9.07. The fourth-order valence-electron chi connectivity index (χ4n) is 2.29. The predicted molar refractivity (Wildman–Crippen MR) is 74.7 cm³/mol. The van der Waals surface area contributed by atoms with E-state index >= 15 is 0 Å². The lowest BCUT2D eigenvalue weighted by Gasteiger charge is -2.23. The minimum Gasteiger partial charge on any atom is -0.334 e. The molecule has 1 saturated carbocycles. The van der Waals surface area contributed by atoms with Crippen molar-refractivity contribution in [3.05, 3.63) is 23.8 Å². The summed E-state index contributed by atoms with van der Waals surface area (Å²) in [6.45, 7) is 1.75. The summed E-state index contributed by atoms with van der Waals surface area (Å²) in [6, 6.07) is 1.41. The first-order valence-electron chi connectivity index (χ1n) is 6.76. The van der Waals surface area contributed by atoms with E-state index < -0.39 is 10.0 Å². The van der Waals surface area contributed by atoms with E-state index in [1.165, 1.54) is 31.5 Å². The largest absolute Gasteiger partial charge is 0.334 e. The molecule has 0 aromatic carbocycles. The van der Waals surface area contributed by atoms with Gasteiger partial charge in [-0.05, 0) is 18.9 Å². The van der Waals surface area contributed by atoms with E-state index in [0.717, 1.165) is 6.42 Å². The van der Waals surface area contributed by atoms with Crippen LogP contribution in [0.1, 0.15) is 30.8 Å². The molecular weight excluding hydrogens is 292 g/mol. The molecule has 3 rings (SSSR count). The predicted octanol–water partition coefficient (Wildman–Crippen LogP) is 1.43. The highest BCUT2D eigenvalue weighted by molar-refractivity contribution is 7.89. The number of sulfonamides is 1. The van der Waals surface area contributed by atoms with Gasteiger partial charge in [0.25, 0.3) is 5.89 Å². The number of hydrogen-bond acceptors (Lipinski definition) is 6. The van der Waals surface area contributed by atoms with Crippen LogP contribution in [0.5, 0.6) is 0 Å². The smallest absolute Gasteiger partial charge is 0.259 e. The molecule has 112 valence electrons. The standard InChI is InChI=1S/C13H16N4O3S/c1-8-11(6-10(7-15-8)21(14,18)19)13-16-12(17-20-13)5-9-3-2-4-9/h6-7,9H,2-5H2,1H3,(H2,14,18,19). The zero-order valence-electron chi connectivity index (χ0n) is 11.6. The Morgan fingerprint density at radius 1 is 1.43 bits per heavy atom. The molecule has 0 unspecified atom stereocenters. The summed E-state index contributed by atoms with van der Waals surface area (Å²) in [4.78, 5) is 8.30. The number of rotatable bonds is 4. The molecule has 0 radical (unpaired) electrons. The molecule has 0 bridgehead atoms. The summed E-state index contributed by atoms with van der Waals surface area (Å²) in [6.07, 6.45) is 5.68. The third-order valence-electron chi connectivity index (χ3n) is 3.78.